The van der Waals surface area contributed by atoms with Crippen LogP contribution in [0.4, 0.5) is 4.39 Å². The van der Waals surface area contributed by atoms with Crippen molar-refractivity contribution in [3.05, 3.63) is 29.8 Å². The molecule has 0 radical (unpaired) electrons. The van der Waals surface area contributed by atoms with Gasteiger partial charge in [0.05, 0.1) is 6.20 Å². The molecular weight excluding hydrogens is 179 g/mol. The Morgan fingerprint density at radius 3 is 2.57 bits per heavy atom. The van der Waals surface area contributed by atoms with Gasteiger partial charge >= 0.3 is 0 Å². The Balaban J connectivity index is 2.52. The van der Waals surface area contributed by atoms with Crippen molar-refractivity contribution in [2.45, 2.75) is 32.7 Å². The predicted octanol–water partition coefficient (Wildman–Crippen LogP) is 2.32. The van der Waals surface area contributed by atoms with E-state index in [0.717, 1.165) is 12.2 Å². The molecule has 1 unspecified atom stereocenters. The second kappa shape index (κ2) is 5.05. The van der Waals surface area contributed by atoms with Crippen molar-refractivity contribution in [2.24, 2.45) is 0 Å². The topological polar surface area (TPSA) is 24.9 Å². The van der Waals surface area contributed by atoms with Crippen molar-refractivity contribution in [2.75, 3.05) is 6.54 Å². The molecule has 78 valence electrons. The maximum Gasteiger partial charge on any atom is 0.141 e. The molecule has 2 nitrogen and oxygen atoms in total. The quantitative estimate of drug-likeness (QED) is 0.799. The van der Waals surface area contributed by atoms with Crippen LogP contribution in [-0.4, -0.2) is 17.6 Å². The fourth-order valence-corrected chi connectivity index (χ4v) is 1.20. The number of rotatable bonds is 4. The zero-order chi connectivity index (χ0) is 10.6. The third-order valence-corrected chi connectivity index (χ3v) is 2.09. The van der Waals surface area contributed by atoms with E-state index in [4.69, 9.17) is 0 Å². The van der Waals surface area contributed by atoms with Crippen molar-refractivity contribution in [1.29, 1.82) is 0 Å². The largest absolute Gasteiger partial charge is 0.314 e. The average Bonchev–Trinajstić information content (AvgIpc) is 2.15. The Morgan fingerprint density at radius 1 is 1.36 bits per heavy atom. The number of pyridine rings is 1. The van der Waals surface area contributed by atoms with Gasteiger partial charge in [-0.15, -0.1) is 0 Å². The molecule has 0 aliphatic rings. The molecule has 0 bridgehead atoms. The number of nitrogens with zero attached hydrogens (tertiary/aromatic N) is 1. The first-order chi connectivity index (χ1) is 6.59. The average molecular weight is 196 g/mol. The minimum Gasteiger partial charge on any atom is -0.314 e. The lowest BCUT2D eigenvalue weighted by Gasteiger charge is -2.14. The maximum atomic E-state index is 12.6. The van der Waals surface area contributed by atoms with E-state index < -0.39 is 0 Å². The first-order valence-corrected chi connectivity index (χ1v) is 4.94. The van der Waals surface area contributed by atoms with Crippen molar-refractivity contribution >= 4 is 0 Å². The van der Waals surface area contributed by atoms with E-state index in [9.17, 15) is 4.39 Å². The van der Waals surface area contributed by atoms with E-state index in [1.807, 2.05) is 0 Å². The Morgan fingerprint density at radius 2 is 2.07 bits per heavy atom. The fourth-order valence-electron chi connectivity index (χ4n) is 1.20. The molecule has 0 spiro atoms. The second-order valence-corrected chi connectivity index (χ2v) is 3.87. The van der Waals surface area contributed by atoms with Gasteiger partial charge in [-0.05, 0) is 12.1 Å². The van der Waals surface area contributed by atoms with Crippen LogP contribution in [0.5, 0.6) is 0 Å². The van der Waals surface area contributed by atoms with Crippen molar-refractivity contribution in [3.63, 3.8) is 0 Å². The molecule has 1 aromatic rings. The highest BCUT2D eigenvalue weighted by Gasteiger charge is 2.06. The molecule has 3 heteroatoms. The lowest BCUT2D eigenvalue weighted by atomic mass is 10.1. The number of aromatic nitrogens is 1. The first-order valence-electron chi connectivity index (χ1n) is 4.94. The molecular formula is C11H17FN2. The lowest BCUT2D eigenvalue weighted by molar-refractivity contribution is 0.540. The third kappa shape index (κ3) is 3.42. The lowest BCUT2D eigenvalue weighted by Crippen LogP contribution is -2.27. The van der Waals surface area contributed by atoms with Crippen LogP contribution in [0.25, 0.3) is 0 Å². The number of hydrogen-bond donors (Lipinski definition) is 1. The molecule has 1 aromatic heterocycles. The molecule has 0 aromatic carbocycles. The Bertz CT molecular complexity index is 269. The van der Waals surface area contributed by atoms with Gasteiger partial charge in [0.1, 0.15) is 5.82 Å². The summed E-state index contributed by atoms with van der Waals surface area (Å²) in [4.78, 5) is 4.04. The van der Waals surface area contributed by atoms with Gasteiger partial charge in [-0.25, -0.2) is 4.39 Å². The number of hydrogen-bond acceptors (Lipinski definition) is 2. The minimum absolute atomic E-state index is 0.280. The molecule has 0 saturated heterocycles. The van der Waals surface area contributed by atoms with Gasteiger partial charge in [0.2, 0.25) is 0 Å². The SMILES string of the molecule is CC(C)NCC(C)c1ccc(F)cn1. The van der Waals surface area contributed by atoms with Gasteiger partial charge in [-0.3, -0.25) is 4.98 Å². The summed E-state index contributed by atoms with van der Waals surface area (Å²) in [7, 11) is 0. The molecule has 0 amide bonds. The normalized spacial score (nSPS) is 13.2. The Hall–Kier alpha value is -0.960. The van der Waals surface area contributed by atoms with Crippen LogP contribution in [-0.2, 0) is 0 Å². The standard InChI is InChI=1S/C11H17FN2/c1-8(2)13-6-9(3)11-5-4-10(12)7-14-11/h4-5,7-9,13H,6H2,1-3H3. The summed E-state index contributed by atoms with van der Waals surface area (Å²) in [5.74, 6) is 0.0377. The van der Waals surface area contributed by atoms with Crippen molar-refractivity contribution < 1.29 is 4.39 Å². The fraction of sp³-hybridized carbons (Fsp3) is 0.545. The van der Waals surface area contributed by atoms with Gasteiger partial charge in [0.15, 0.2) is 0 Å². The van der Waals surface area contributed by atoms with E-state index in [2.05, 4.69) is 31.1 Å². The van der Waals surface area contributed by atoms with Gasteiger partial charge in [-0.1, -0.05) is 20.8 Å². The second-order valence-electron chi connectivity index (χ2n) is 3.87. The number of nitrogens with one attached hydrogen (secondary N) is 1. The van der Waals surface area contributed by atoms with E-state index in [1.165, 1.54) is 12.3 Å². The predicted molar refractivity (Wildman–Crippen MR) is 55.7 cm³/mol. The zero-order valence-corrected chi connectivity index (χ0v) is 8.92. The Labute approximate surface area is 84.6 Å². The summed E-state index contributed by atoms with van der Waals surface area (Å²) in [5, 5.41) is 3.32. The number of halogens is 1. The highest BCUT2D eigenvalue weighted by Crippen LogP contribution is 2.11. The molecule has 0 aliphatic carbocycles. The maximum absolute atomic E-state index is 12.6. The van der Waals surface area contributed by atoms with Gasteiger partial charge in [0.25, 0.3) is 0 Å². The summed E-state index contributed by atoms with van der Waals surface area (Å²) in [6.07, 6.45) is 1.27. The minimum atomic E-state index is -0.280. The molecule has 0 fully saturated rings. The van der Waals surface area contributed by atoms with Crippen LogP contribution >= 0.6 is 0 Å². The van der Waals surface area contributed by atoms with Gasteiger partial charge in [-0.2, -0.15) is 0 Å². The molecule has 1 atom stereocenters. The monoisotopic (exact) mass is 196 g/mol. The molecule has 0 saturated carbocycles. The van der Waals surface area contributed by atoms with E-state index in [-0.39, 0.29) is 5.82 Å². The summed E-state index contributed by atoms with van der Waals surface area (Å²) >= 11 is 0. The van der Waals surface area contributed by atoms with Gasteiger partial charge in [0, 0.05) is 24.2 Å². The summed E-state index contributed by atoms with van der Waals surface area (Å²) in [6.45, 7) is 7.15. The van der Waals surface area contributed by atoms with Gasteiger partial charge < -0.3 is 5.32 Å². The summed E-state index contributed by atoms with van der Waals surface area (Å²) in [6, 6.07) is 3.66. The van der Waals surface area contributed by atoms with Crippen LogP contribution in [0, 0.1) is 5.82 Å². The van der Waals surface area contributed by atoms with Crippen molar-refractivity contribution in [3.8, 4) is 0 Å². The smallest absolute Gasteiger partial charge is 0.141 e. The molecule has 1 rings (SSSR count). The Kier molecular flexibility index (Phi) is 4.01. The van der Waals surface area contributed by atoms with Crippen molar-refractivity contribution in [1.82, 2.24) is 10.3 Å². The van der Waals surface area contributed by atoms with E-state index in [1.54, 1.807) is 6.07 Å². The third-order valence-electron chi connectivity index (χ3n) is 2.09. The van der Waals surface area contributed by atoms with Crippen LogP contribution in [0.15, 0.2) is 18.3 Å². The molecule has 1 heterocycles. The summed E-state index contributed by atoms with van der Waals surface area (Å²) in [5.41, 5.74) is 0.930. The van der Waals surface area contributed by atoms with Crippen LogP contribution in [0.3, 0.4) is 0 Å². The molecule has 1 N–H and O–H groups in total. The zero-order valence-electron chi connectivity index (χ0n) is 8.92. The highest BCUT2D eigenvalue weighted by molar-refractivity contribution is 5.10. The first kappa shape index (κ1) is 11.1. The van der Waals surface area contributed by atoms with Crippen LogP contribution in [0.1, 0.15) is 32.4 Å². The van der Waals surface area contributed by atoms with E-state index in [0.29, 0.717) is 12.0 Å². The molecule has 14 heavy (non-hydrogen) atoms. The summed E-state index contributed by atoms with van der Waals surface area (Å²) < 4.78 is 12.6. The van der Waals surface area contributed by atoms with Crippen LogP contribution < -0.4 is 5.32 Å². The molecule has 0 aliphatic heterocycles. The highest BCUT2D eigenvalue weighted by atomic mass is 19.1. The van der Waals surface area contributed by atoms with Crippen LogP contribution in [0.2, 0.25) is 0 Å². The van der Waals surface area contributed by atoms with E-state index >= 15 is 0 Å².